The second-order valence-corrected chi connectivity index (χ2v) is 4.69. The second kappa shape index (κ2) is 8.36. The van der Waals surface area contributed by atoms with E-state index in [1.807, 2.05) is 13.8 Å². The minimum absolute atomic E-state index is 0.0136. The van der Waals surface area contributed by atoms with Crippen LogP contribution < -0.4 is 0 Å². The Kier molecular flexibility index (Phi) is 6.81. The summed E-state index contributed by atoms with van der Waals surface area (Å²) in [6, 6.07) is 2.92. The van der Waals surface area contributed by atoms with Crippen LogP contribution in [0.1, 0.15) is 25.5 Å². The summed E-state index contributed by atoms with van der Waals surface area (Å²) < 4.78 is 4.85. The standard InChI is InChI=1S/C15H23N3O3/c1-5-18(6-2)13(19)11-17(3)14(15(20)21-4)12-8-7-9-16-10-12/h7-10,14H,5-6,11H2,1-4H3/t14-/m1/s1. The lowest BCUT2D eigenvalue weighted by atomic mass is 10.1. The van der Waals surface area contributed by atoms with Gasteiger partial charge in [0.05, 0.1) is 13.7 Å². The van der Waals surface area contributed by atoms with E-state index < -0.39 is 12.0 Å². The normalized spacial score (nSPS) is 12.0. The smallest absolute Gasteiger partial charge is 0.327 e. The maximum atomic E-state index is 12.2. The Morgan fingerprint density at radius 1 is 1.33 bits per heavy atom. The first-order chi connectivity index (χ1) is 10.0. The van der Waals surface area contributed by atoms with E-state index in [4.69, 9.17) is 4.74 Å². The molecule has 0 spiro atoms. The van der Waals surface area contributed by atoms with Gasteiger partial charge in [-0.3, -0.25) is 14.7 Å². The van der Waals surface area contributed by atoms with Gasteiger partial charge in [0.1, 0.15) is 6.04 Å². The lowest BCUT2D eigenvalue weighted by molar-refractivity contribution is -0.147. The fourth-order valence-electron chi connectivity index (χ4n) is 2.20. The third-order valence-corrected chi connectivity index (χ3v) is 3.37. The molecule has 1 aromatic heterocycles. The molecule has 0 N–H and O–H groups in total. The number of hydrogen-bond donors (Lipinski definition) is 0. The predicted molar refractivity (Wildman–Crippen MR) is 79.6 cm³/mol. The maximum absolute atomic E-state index is 12.2. The number of carbonyl (C=O) groups is 2. The Morgan fingerprint density at radius 3 is 2.48 bits per heavy atom. The van der Waals surface area contributed by atoms with E-state index in [9.17, 15) is 9.59 Å². The van der Waals surface area contributed by atoms with E-state index in [-0.39, 0.29) is 12.5 Å². The molecule has 1 amide bonds. The van der Waals surface area contributed by atoms with Gasteiger partial charge in [-0.1, -0.05) is 6.07 Å². The Morgan fingerprint density at radius 2 is 2.00 bits per heavy atom. The quantitative estimate of drug-likeness (QED) is 0.704. The van der Waals surface area contributed by atoms with Crippen LogP contribution in [0.25, 0.3) is 0 Å². The number of rotatable bonds is 7. The largest absolute Gasteiger partial charge is 0.468 e. The molecule has 0 fully saturated rings. The fourth-order valence-corrected chi connectivity index (χ4v) is 2.20. The van der Waals surface area contributed by atoms with Crippen LogP contribution in [0.4, 0.5) is 0 Å². The first-order valence-corrected chi connectivity index (χ1v) is 7.00. The predicted octanol–water partition coefficient (Wildman–Crippen LogP) is 1.10. The van der Waals surface area contributed by atoms with Crippen LogP contribution in [0.5, 0.6) is 0 Å². The minimum atomic E-state index is -0.636. The highest BCUT2D eigenvalue weighted by molar-refractivity contribution is 5.81. The zero-order valence-corrected chi connectivity index (χ0v) is 13.1. The fraction of sp³-hybridized carbons (Fsp3) is 0.533. The van der Waals surface area contributed by atoms with Crippen molar-refractivity contribution in [1.29, 1.82) is 0 Å². The van der Waals surface area contributed by atoms with Crippen molar-refractivity contribution in [2.24, 2.45) is 0 Å². The summed E-state index contributed by atoms with van der Waals surface area (Å²) in [6.45, 7) is 5.31. The van der Waals surface area contributed by atoms with Crippen LogP contribution in [-0.2, 0) is 14.3 Å². The Bertz CT molecular complexity index is 460. The van der Waals surface area contributed by atoms with Crippen molar-refractivity contribution in [3.63, 3.8) is 0 Å². The molecule has 0 unspecified atom stereocenters. The van der Waals surface area contributed by atoms with Gasteiger partial charge in [0, 0.05) is 25.5 Å². The number of amides is 1. The summed E-state index contributed by atoms with van der Waals surface area (Å²) in [4.78, 5) is 31.6. The topological polar surface area (TPSA) is 62.7 Å². The number of ether oxygens (including phenoxy) is 1. The molecule has 1 heterocycles. The summed E-state index contributed by atoms with van der Waals surface area (Å²) in [7, 11) is 3.07. The molecule has 6 heteroatoms. The van der Waals surface area contributed by atoms with Gasteiger partial charge in [-0.05, 0) is 32.5 Å². The van der Waals surface area contributed by atoms with E-state index in [1.165, 1.54) is 7.11 Å². The average Bonchev–Trinajstić information content (AvgIpc) is 2.49. The molecule has 1 atom stereocenters. The molecular weight excluding hydrogens is 270 g/mol. The maximum Gasteiger partial charge on any atom is 0.327 e. The molecular formula is C15H23N3O3. The van der Waals surface area contributed by atoms with E-state index in [1.54, 1.807) is 41.4 Å². The second-order valence-electron chi connectivity index (χ2n) is 4.69. The number of hydrogen-bond acceptors (Lipinski definition) is 5. The minimum Gasteiger partial charge on any atom is -0.468 e. The van der Waals surface area contributed by atoms with E-state index in [0.717, 1.165) is 0 Å². The number of methoxy groups -OCH3 is 1. The van der Waals surface area contributed by atoms with Crippen LogP contribution in [0, 0.1) is 0 Å². The summed E-state index contributed by atoms with van der Waals surface area (Å²) in [5, 5.41) is 0. The Labute approximate surface area is 125 Å². The first kappa shape index (κ1) is 17.1. The monoisotopic (exact) mass is 293 g/mol. The van der Waals surface area contributed by atoms with Crippen LogP contribution in [-0.4, -0.2) is 60.5 Å². The Balaban J connectivity index is 2.89. The molecule has 0 aliphatic rings. The van der Waals surface area contributed by atoms with Gasteiger partial charge >= 0.3 is 5.97 Å². The number of esters is 1. The van der Waals surface area contributed by atoms with Gasteiger partial charge < -0.3 is 9.64 Å². The van der Waals surface area contributed by atoms with Crippen molar-refractivity contribution in [2.75, 3.05) is 33.8 Å². The van der Waals surface area contributed by atoms with Crippen LogP contribution in [0.15, 0.2) is 24.5 Å². The average molecular weight is 293 g/mol. The number of pyridine rings is 1. The van der Waals surface area contributed by atoms with Crippen LogP contribution in [0.3, 0.4) is 0 Å². The van der Waals surface area contributed by atoms with Gasteiger partial charge in [0.25, 0.3) is 0 Å². The number of aromatic nitrogens is 1. The first-order valence-electron chi connectivity index (χ1n) is 7.00. The molecule has 1 rings (SSSR count). The highest BCUT2D eigenvalue weighted by Gasteiger charge is 2.28. The molecule has 0 aliphatic heterocycles. The number of likely N-dealkylation sites (N-methyl/N-ethyl adjacent to an activating group) is 2. The lowest BCUT2D eigenvalue weighted by Crippen LogP contribution is -2.42. The van der Waals surface area contributed by atoms with E-state index in [0.29, 0.717) is 18.7 Å². The van der Waals surface area contributed by atoms with E-state index >= 15 is 0 Å². The van der Waals surface area contributed by atoms with Crippen LogP contribution in [0.2, 0.25) is 0 Å². The number of nitrogens with zero attached hydrogens (tertiary/aromatic N) is 3. The molecule has 0 saturated carbocycles. The van der Waals surface area contributed by atoms with Crippen molar-refractivity contribution in [3.05, 3.63) is 30.1 Å². The molecule has 0 radical (unpaired) electrons. The highest BCUT2D eigenvalue weighted by Crippen LogP contribution is 2.20. The van der Waals surface area contributed by atoms with Crippen LogP contribution >= 0.6 is 0 Å². The van der Waals surface area contributed by atoms with Crippen molar-refractivity contribution < 1.29 is 14.3 Å². The van der Waals surface area contributed by atoms with Crippen molar-refractivity contribution >= 4 is 11.9 Å². The third-order valence-electron chi connectivity index (χ3n) is 3.37. The molecule has 0 aromatic carbocycles. The molecule has 0 aliphatic carbocycles. The van der Waals surface area contributed by atoms with Gasteiger partial charge in [-0.2, -0.15) is 0 Å². The SMILES string of the molecule is CCN(CC)C(=O)CN(C)[C@@H](C(=O)OC)c1cccnc1. The zero-order chi connectivity index (χ0) is 15.8. The molecule has 116 valence electrons. The molecule has 0 bridgehead atoms. The number of carbonyl (C=O) groups excluding carboxylic acids is 2. The van der Waals surface area contributed by atoms with Gasteiger partial charge in [0.2, 0.25) is 5.91 Å². The van der Waals surface area contributed by atoms with Crippen molar-refractivity contribution in [2.45, 2.75) is 19.9 Å². The molecule has 1 aromatic rings. The molecule has 21 heavy (non-hydrogen) atoms. The molecule has 6 nitrogen and oxygen atoms in total. The van der Waals surface area contributed by atoms with Gasteiger partial charge in [-0.15, -0.1) is 0 Å². The molecule has 0 saturated heterocycles. The summed E-state index contributed by atoms with van der Waals surface area (Å²) >= 11 is 0. The lowest BCUT2D eigenvalue weighted by Gasteiger charge is -2.28. The van der Waals surface area contributed by atoms with Crippen molar-refractivity contribution in [3.8, 4) is 0 Å². The summed E-state index contributed by atoms with van der Waals surface area (Å²) in [6.07, 6.45) is 3.25. The van der Waals surface area contributed by atoms with Crippen molar-refractivity contribution in [1.82, 2.24) is 14.8 Å². The summed E-state index contributed by atoms with van der Waals surface area (Å²) in [5.41, 5.74) is 0.708. The van der Waals surface area contributed by atoms with Gasteiger partial charge in [-0.25, -0.2) is 4.79 Å². The zero-order valence-electron chi connectivity index (χ0n) is 13.1. The summed E-state index contributed by atoms with van der Waals surface area (Å²) in [5.74, 6) is -0.418. The van der Waals surface area contributed by atoms with Gasteiger partial charge in [0.15, 0.2) is 0 Å². The third kappa shape index (κ3) is 4.53. The van der Waals surface area contributed by atoms with E-state index in [2.05, 4.69) is 4.98 Å². The Hall–Kier alpha value is -1.95. The highest BCUT2D eigenvalue weighted by atomic mass is 16.5.